The van der Waals surface area contributed by atoms with Crippen LogP contribution in [0.25, 0.3) is 5.76 Å². The Hall–Kier alpha value is -3.66. The smallest absolute Gasteiger partial charge is 0.309 e. The number of ketones is 2. The van der Waals surface area contributed by atoms with Crippen LogP contribution in [0.15, 0.2) is 35.1 Å². The van der Waals surface area contributed by atoms with Gasteiger partial charge >= 0.3 is 5.97 Å². The van der Waals surface area contributed by atoms with Gasteiger partial charge in [-0.05, 0) is 49.1 Å². The topological polar surface area (TPSA) is 184 Å². The van der Waals surface area contributed by atoms with E-state index in [1.807, 2.05) is 0 Å². The number of nitrogens with two attached hydrogens (primary N) is 1. The van der Waals surface area contributed by atoms with Crippen LogP contribution < -0.4 is 5.73 Å². The predicted octanol–water partition coefficient (Wildman–Crippen LogP) is 4.04. The number of fused-ring (bicyclic) bond motifs is 3. The highest BCUT2D eigenvalue weighted by Crippen LogP contribution is 2.58. The molecule has 0 aromatic heterocycles. The van der Waals surface area contributed by atoms with Gasteiger partial charge in [-0.15, -0.1) is 0 Å². The minimum atomic E-state index is -2.85. The Labute approximate surface area is 249 Å². The Morgan fingerprint density at radius 1 is 0.953 bits per heavy atom. The first-order valence-electron chi connectivity index (χ1n) is 15.5. The zero-order chi connectivity index (χ0) is 30.6. The molecule has 0 heterocycles. The maximum Gasteiger partial charge on any atom is 0.309 e. The maximum atomic E-state index is 14.3. The van der Waals surface area contributed by atoms with Crippen molar-refractivity contribution in [2.75, 3.05) is 0 Å². The van der Waals surface area contributed by atoms with Crippen LogP contribution in [0.4, 0.5) is 0 Å². The Bertz CT molecular complexity index is 1430. The molecule has 43 heavy (non-hydrogen) atoms. The number of rotatable bonds is 6. The first-order chi connectivity index (χ1) is 20.6. The number of ether oxygens (including phenoxy) is 1. The summed E-state index contributed by atoms with van der Waals surface area (Å²) in [4.78, 5) is 53.3. The SMILES string of the molecule is NC(=O)C1=C(O)C2(O)C(=O)C3=C(O)c4c(O)cccc4C(CCC4CCCC4)C3C(OC(=O)C3CCCCC3)C2CC1=O. The number of hydrogen-bond acceptors (Lipinski definition) is 9. The zero-order valence-corrected chi connectivity index (χ0v) is 24.1. The number of aromatic hydroxyl groups is 1. The summed E-state index contributed by atoms with van der Waals surface area (Å²) < 4.78 is 6.21. The molecule has 0 bridgehead atoms. The summed E-state index contributed by atoms with van der Waals surface area (Å²) in [6.45, 7) is 0. The highest BCUT2D eigenvalue weighted by atomic mass is 16.5. The van der Waals surface area contributed by atoms with E-state index in [2.05, 4.69) is 0 Å². The number of benzene rings is 1. The van der Waals surface area contributed by atoms with Crippen molar-refractivity contribution in [1.82, 2.24) is 0 Å². The fraction of sp³-hybridized carbons (Fsp3) is 0.576. The number of aliphatic hydroxyl groups excluding tert-OH is 2. The molecule has 6 rings (SSSR count). The lowest BCUT2D eigenvalue weighted by Gasteiger charge is -2.52. The monoisotopic (exact) mass is 593 g/mol. The van der Waals surface area contributed by atoms with E-state index < -0.39 is 82.3 Å². The Kier molecular flexibility index (Phi) is 7.61. The lowest BCUT2D eigenvalue weighted by molar-refractivity contribution is -0.182. The Morgan fingerprint density at radius 2 is 1.63 bits per heavy atom. The van der Waals surface area contributed by atoms with E-state index in [0.29, 0.717) is 30.7 Å². The molecule has 1 aromatic rings. The number of hydrogen-bond donors (Lipinski definition) is 5. The number of amides is 1. The van der Waals surface area contributed by atoms with Gasteiger partial charge in [0.1, 0.15) is 28.9 Å². The standard InChI is InChI=1S/C33H39NO9/c34-31(40)25-22(36)15-20-28(43-32(41)17-9-2-1-3-10-17)24-19(14-13-16-7-4-5-8-16)18-11-6-12-21(35)23(18)27(37)26(24)30(39)33(20,42)29(25)38/h6,11-12,16-17,19-20,24,28,35,37-38,42H,1-5,7-10,13-15H2,(H2,34,40). The summed E-state index contributed by atoms with van der Waals surface area (Å²) >= 11 is 0. The summed E-state index contributed by atoms with van der Waals surface area (Å²) in [6, 6.07) is 4.80. The summed E-state index contributed by atoms with van der Waals surface area (Å²) in [5, 5.41) is 45.7. The second kappa shape index (κ2) is 11.1. The summed E-state index contributed by atoms with van der Waals surface area (Å²) in [6.07, 6.45) is 7.84. The van der Waals surface area contributed by atoms with Gasteiger partial charge in [0.15, 0.2) is 11.4 Å². The van der Waals surface area contributed by atoms with Crippen molar-refractivity contribution in [2.45, 2.75) is 94.7 Å². The number of primary amides is 1. The molecular formula is C33H39NO9. The fourth-order valence-corrected chi connectivity index (χ4v) is 8.52. The molecule has 0 aliphatic heterocycles. The van der Waals surface area contributed by atoms with Crippen LogP contribution in [0, 0.1) is 23.7 Å². The summed E-state index contributed by atoms with van der Waals surface area (Å²) in [5.41, 5.74) is 1.96. The van der Waals surface area contributed by atoms with Crippen molar-refractivity contribution in [2.24, 2.45) is 29.4 Å². The molecule has 1 amide bonds. The van der Waals surface area contributed by atoms with Gasteiger partial charge in [0.25, 0.3) is 5.91 Å². The van der Waals surface area contributed by atoms with Crippen LogP contribution in [0.1, 0.15) is 94.1 Å². The minimum Gasteiger partial charge on any atom is -0.508 e. The average molecular weight is 594 g/mol. The van der Waals surface area contributed by atoms with Crippen molar-refractivity contribution >= 4 is 29.2 Å². The summed E-state index contributed by atoms with van der Waals surface area (Å²) in [5.74, 6) is -8.67. The molecule has 3 fully saturated rings. The lowest BCUT2D eigenvalue weighted by atomic mass is 9.54. The number of esters is 1. The molecule has 5 aliphatic carbocycles. The van der Waals surface area contributed by atoms with Crippen molar-refractivity contribution in [3.63, 3.8) is 0 Å². The molecule has 0 spiro atoms. The molecule has 0 radical (unpaired) electrons. The lowest BCUT2D eigenvalue weighted by Crippen LogP contribution is -2.65. The van der Waals surface area contributed by atoms with E-state index in [-0.39, 0.29) is 16.9 Å². The number of carbonyl (C=O) groups excluding carboxylic acids is 4. The quantitative estimate of drug-likeness (QED) is 0.240. The third-order valence-electron chi connectivity index (χ3n) is 10.7. The van der Waals surface area contributed by atoms with Crippen LogP contribution in [-0.2, 0) is 23.9 Å². The molecule has 6 N–H and O–H groups in total. The number of phenols is 1. The minimum absolute atomic E-state index is 0.0448. The molecule has 230 valence electrons. The predicted molar refractivity (Wildman–Crippen MR) is 153 cm³/mol. The highest BCUT2D eigenvalue weighted by molar-refractivity contribution is 6.23. The van der Waals surface area contributed by atoms with Crippen molar-refractivity contribution < 1.29 is 44.3 Å². The molecule has 1 aromatic carbocycles. The van der Waals surface area contributed by atoms with Gasteiger partial charge in [-0.1, -0.05) is 57.1 Å². The molecule has 0 saturated heterocycles. The van der Waals surface area contributed by atoms with Gasteiger partial charge in [-0.2, -0.15) is 0 Å². The summed E-state index contributed by atoms with van der Waals surface area (Å²) in [7, 11) is 0. The number of phenolic OH excluding ortho intramolecular Hbond substituents is 1. The Morgan fingerprint density at radius 3 is 2.30 bits per heavy atom. The first kappa shape index (κ1) is 29.4. The van der Waals surface area contributed by atoms with Crippen LogP contribution in [0.3, 0.4) is 0 Å². The highest BCUT2D eigenvalue weighted by Gasteiger charge is 2.66. The second-order valence-corrected chi connectivity index (χ2v) is 13.0. The molecule has 5 atom stereocenters. The van der Waals surface area contributed by atoms with E-state index in [1.54, 1.807) is 12.1 Å². The van der Waals surface area contributed by atoms with E-state index in [9.17, 15) is 39.6 Å². The van der Waals surface area contributed by atoms with Crippen LogP contribution in [0.5, 0.6) is 5.75 Å². The largest absolute Gasteiger partial charge is 0.508 e. The van der Waals surface area contributed by atoms with E-state index in [0.717, 1.165) is 51.4 Å². The normalized spacial score (nSPS) is 31.5. The first-order valence-corrected chi connectivity index (χ1v) is 15.5. The van der Waals surface area contributed by atoms with E-state index in [1.165, 1.54) is 6.07 Å². The third-order valence-corrected chi connectivity index (χ3v) is 10.7. The van der Waals surface area contributed by atoms with Crippen LogP contribution in [0.2, 0.25) is 0 Å². The number of Topliss-reactive ketones (excluding diaryl/α,β-unsaturated/α-hetero) is 2. The molecule has 10 nitrogen and oxygen atoms in total. The van der Waals surface area contributed by atoms with Gasteiger partial charge in [-0.3, -0.25) is 19.2 Å². The van der Waals surface area contributed by atoms with Crippen molar-refractivity contribution in [3.05, 3.63) is 46.2 Å². The Balaban J connectivity index is 1.53. The van der Waals surface area contributed by atoms with Gasteiger partial charge < -0.3 is 30.9 Å². The van der Waals surface area contributed by atoms with Gasteiger partial charge in [0.2, 0.25) is 5.78 Å². The van der Waals surface area contributed by atoms with Gasteiger partial charge in [0.05, 0.1) is 11.5 Å². The molecule has 5 unspecified atom stereocenters. The van der Waals surface area contributed by atoms with E-state index >= 15 is 0 Å². The molecule has 3 saturated carbocycles. The molecule has 10 heteroatoms. The third kappa shape index (κ3) is 4.65. The van der Waals surface area contributed by atoms with Crippen LogP contribution >= 0.6 is 0 Å². The maximum absolute atomic E-state index is 14.3. The molecular weight excluding hydrogens is 554 g/mol. The van der Waals surface area contributed by atoms with E-state index in [4.69, 9.17) is 10.5 Å². The average Bonchev–Trinajstić information content (AvgIpc) is 3.50. The number of aliphatic hydroxyl groups is 3. The van der Waals surface area contributed by atoms with Crippen molar-refractivity contribution in [1.29, 1.82) is 0 Å². The second-order valence-electron chi connectivity index (χ2n) is 13.0. The zero-order valence-electron chi connectivity index (χ0n) is 24.1. The van der Waals surface area contributed by atoms with Gasteiger partial charge in [0, 0.05) is 23.8 Å². The van der Waals surface area contributed by atoms with Crippen molar-refractivity contribution in [3.8, 4) is 5.75 Å². The van der Waals surface area contributed by atoms with Gasteiger partial charge in [-0.25, -0.2) is 0 Å². The number of carbonyl (C=O) groups is 4. The fourth-order valence-electron chi connectivity index (χ4n) is 8.52. The van der Waals surface area contributed by atoms with Crippen LogP contribution in [-0.4, -0.2) is 55.6 Å². The molecule has 5 aliphatic rings.